The Morgan fingerprint density at radius 3 is 2.44 bits per heavy atom. The van der Waals surface area contributed by atoms with Crippen LogP contribution >= 0.6 is 0 Å². The molecule has 0 fully saturated rings. The zero-order valence-electron chi connectivity index (χ0n) is 12.1. The number of benzene rings is 1. The molecule has 0 aliphatic rings. The number of aryl methyl sites for hydroxylation is 1. The normalized spacial score (nSPS) is 13.2. The molecule has 1 aromatic rings. The quantitative estimate of drug-likeness (QED) is 0.762. The van der Waals surface area contributed by atoms with Gasteiger partial charge in [0.05, 0.1) is 0 Å². The SMILES string of the molecule is CC(C)C(C)N(C)CCCc1cc(N)ccc1N. The molecule has 3 nitrogen and oxygen atoms in total. The maximum atomic E-state index is 5.95. The first kappa shape index (κ1) is 14.8. The minimum atomic E-state index is 0.614. The van der Waals surface area contributed by atoms with Crippen molar-refractivity contribution in [2.45, 2.75) is 39.7 Å². The number of hydrogen-bond donors (Lipinski definition) is 2. The predicted molar refractivity (Wildman–Crippen MR) is 80.5 cm³/mol. The van der Waals surface area contributed by atoms with Crippen LogP contribution in [0.1, 0.15) is 32.8 Å². The highest BCUT2D eigenvalue weighted by molar-refractivity contribution is 5.55. The van der Waals surface area contributed by atoms with Crippen molar-refractivity contribution in [1.82, 2.24) is 4.90 Å². The molecule has 1 unspecified atom stereocenters. The van der Waals surface area contributed by atoms with E-state index in [1.165, 1.54) is 5.56 Å². The lowest BCUT2D eigenvalue weighted by atomic mass is 10.0. The third kappa shape index (κ3) is 4.22. The number of nitrogen functional groups attached to an aromatic ring is 2. The van der Waals surface area contributed by atoms with Crippen LogP contribution in [0.25, 0.3) is 0 Å². The Hall–Kier alpha value is -1.22. The van der Waals surface area contributed by atoms with Crippen LogP contribution in [0.5, 0.6) is 0 Å². The summed E-state index contributed by atoms with van der Waals surface area (Å²) in [5.41, 5.74) is 14.5. The van der Waals surface area contributed by atoms with Crippen molar-refractivity contribution in [3.63, 3.8) is 0 Å². The van der Waals surface area contributed by atoms with Crippen LogP contribution in [-0.2, 0) is 6.42 Å². The first-order valence-corrected chi connectivity index (χ1v) is 6.76. The van der Waals surface area contributed by atoms with Gasteiger partial charge in [-0.1, -0.05) is 13.8 Å². The van der Waals surface area contributed by atoms with E-state index < -0.39 is 0 Å². The topological polar surface area (TPSA) is 55.3 Å². The van der Waals surface area contributed by atoms with Gasteiger partial charge in [0.1, 0.15) is 0 Å². The van der Waals surface area contributed by atoms with Crippen molar-refractivity contribution in [2.75, 3.05) is 25.1 Å². The molecular weight excluding hydrogens is 222 g/mol. The summed E-state index contributed by atoms with van der Waals surface area (Å²) >= 11 is 0. The summed E-state index contributed by atoms with van der Waals surface area (Å²) < 4.78 is 0. The first-order chi connectivity index (χ1) is 8.41. The van der Waals surface area contributed by atoms with Gasteiger partial charge in [-0.05, 0) is 63.0 Å². The van der Waals surface area contributed by atoms with Crippen molar-refractivity contribution in [1.29, 1.82) is 0 Å². The molecule has 1 atom stereocenters. The molecule has 1 rings (SSSR count). The van der Waals surface area contributed by atoms with Crippen LogP contribution in [0.4, 0.5) is 11.4 Å². The molecule has 4 N–H and O–H groups in total. The lowest BCUT2D eigenvalue weighted by molar-refractivity contribution is 0.206. The zero-order valence-corrected chi connectivity index (χ0v) is 12.1. The van der Waals surface area contributed by atoms with Crippen LogP contribution in [0, 0.1) is 5.92 Å². The standard InChI is InChI=1S/C15H27N3/c1-11(2)12(3)18(4)9-5-6-13-10-14(16)7-8-15(13)17/h7-8,10-12H,5-6,9,16-17H2,1-4H3. The molecule has 0 aliphatic carbocycles. The average molecular weight is 249 g/mol. The van der Waals surface area contributed by atoms with E-state index in [2.05, 4.69) is 32.7 Å². The van der Waals surface area contributed by atoms with Gasteiger partial charge in [-0.3, -0.25) is 0 Å². The summed E-state index contributed by atoms with van der Waals surface area (Å²) in [6.07, 6.45) is 2.10. The molecule has 18 heavy (non-hydrogen) atoms. The van der Waals surface area contributed by atoms with Gasteiger partial charge in [0.15, 0.2) is 0 Å². The second-order valence-corrected chi connectivity index (χ2v) is 5.53. The molecule has 0 amide bonds. The largest absolute Gasteiger partial charge is 0.399 e. The summed E-state index contributed by atoms with van der Waals surface area (Å²) in [5.74, 6) is 0.687. The van der Waals surface area contributed by atoms with E-state index in [-0.39, 0.29) is 0 Å². The Bertz CT molecular complexity index is 374. The van der Waals surface area contributed by atoms with Crippen molar-refractivity contribution in [2.24, 2.45) is 5.92 Å². The fraction of sp³-hybridized carbons (Fsp3) is 0.600. The average Bonchev–Trinajstić information content (AvgIpc) is 2.32. The summed E-state index contributed by atoms with van der Waals surface area (Å²) in [6, 6.07) is 6.35. The lowest BCUT2D eigenvalue weighted by Gasteiger charge is -2.27. The first-order valence-electron chi connectivity index (χ1n) is 6.76. The molecule has 0 spiro atoms. The third-order valence-corrected chi connectivity index (χ3v) is 3.78. The molecule has 0 saturated heterocycles. The Balaban J connectivity index is 2.44. The number of rotatable bonds is 6. The molecule has 102 valence electrons. The van der Waals surface area contributed by atoms with Gasteiger partial charge in [0, 0.05) is 17.4 Å². The molecule has 0 aromatic heterocycles. The predicted octanol–water partition coefficient (Wildman–Crippen LogP) is 2.76. The van der Waals surface area contributed by atoms with E-state index in [1.54, 1.807) is 0 Å². The lowest BCUT2D eigenvalue weighted by Crippen LogP contribution is -2.34. The Labute approximate surface area is 111 Å². The van der Waals surface area contributed by atoms with Crippen LogP contribution in [0.2, 0.25) is 0 Å². The van der Waals surface area contributed by atoms with Crippen molar-refractivity contribution >= 4 is 11.4 Å². The molecule has 3 heteroatoms. The molecule has 0 aliphatic heterocycles. The van der Waals surface area contributed by atoms with Crippen molar-refractivity contribution < 1.29 is 0 Å². The van der Waals surface area contributed by atoms with Crippen LogP contribution in [-0.4, -0.2) is 24.5 Å². The smallest absolute Gasteiger partial charge is 0.0348 e. The Morgan fingerprint density at radius 1 is 1.17 bits per heavy atom. The van der Waals surface area contributed by atoms with Gasteiger partial charge in [0.25, 0.3) is 0 Å². The summed E-state index contributed by atoms with van der Waals surface area (Å²) in [5, 5.41) is 0. The van der Waals surface area contributed by atoms with Crippen LogP contribution in [0.15, 0.2) is 18.2 Å². The van der Waals surface area contributed by atoms with E-state index in [0.29, 0.717) is 12.0 Å². The maximum absolute atomic E-state index is 5.95. The minimum absolute atomic E-state index is 0.614. The molecule has 0 radical (unpaired) electrons. The summed E-state index contributed by atoms with van der Waals surface area (Å²) in [6.45, 7) is 7.89. The fourth-order valence-electron chi connectivity index (χ4n) is 2.07. The molecule has 0 saturated carbocycles. The van der Waals surface area contributed by atoms with Gasteiger partial charge in [0.2, 0.25) is 0 Å². The van der Waals surface area contributed by atoms with E-state index in [4.69, 9.17) is 11.5 Å². The molecular formula is C15H27N3. The second kappa shape index (κ2) is 6.64. The van der Waals surface area contributed by atoms with Crippen LogP contribution in [0.3, 0.4) is 0 Å². The highest BCUT2D eigenvalue weighted by atomic mass is 15.1. The highest BCUT2D eigenvalue weighted by Crippen LogP contribution is 2.18. The van der Waals surface area contributed by atoms with Gasteiger partial charge in [-0.25, -0.2) is 0 Å². The number of nitrogens with zero attached hydrogens (tertiary/aromatic N) is 1. The third-order valence-electron chi connectivity index (χ3n) is 3.78. The van der Waals surface area contributed by atoms with Crippen molar-refractivity contribution in [3.8, 4) is 0 Å². The molecule has 0 heterocycles. The van der Waals surface area contributed by atoms with Gasteiger partial charge in [-0.15, -0.1) is 0 Å². The molecule has 0 bridgehead atoms. The van der Waals surface area contributed by atoms with E-state index >= 15 is 0 Å². The van der Waals surface area contributed by atoms with Crippen molar-refractivity contribution in [3.05, 3.63) is 23.8 Å². The summed E-state index contributed by atoms with van der Waals surface area (Å²) in [7, 11) is 2.19. The number of anilines is 2. The van der Waals surface area contributed by atoms with Gasteiger partial charge < -0.3 is 16.4 Å². The monoisotopic (exact) mass is 249 g/mol. The van der Waals surface area contributed by atoms with E-state index in [1.807, 2.05) is 18.2 Å². The summed E-state index contributed by atoms with van der Waals surface area (Å²) in [4.78, 5) is 2.41. The Morgan fingerprint density at radius 2 is 1.83 bits per heavy atom. The maximum Gasteiger partial charge on any atom is 0.0348 e. The van der Waals surface area contributed by atoms with E-state index in [9.17, 15) is 0 Å². The van der Waals surface area contributed by atoms with Crippen LogP contribution < -0.4 is 11.5 Å². The zero-order chi connectivity index (χ0) is 13.7. The fourth-order valence-corrected chi connectivity index (χ4v) is 2.07. The number of hydrogen-bond acceptors (Lipinski definition) is 3. The van der Waals surface area contributed by atoms with Gasteiger partial charge in [-0.2, -0.15) is 0 Å². The second-order valence-electron chi connectivity index (χ2n) is 5.53. The van der Waals surface area contributed by atoms with E-state index in [0.717, 1.165) is 30.8 Å². The van der Waals surface area contributed by atoms with Gasteiger partial charge >= 0.3 is 0 Å². The minimum Gasteiger partial charge on any atom is -0.399 e. The number of nitrogens with two attached hydrogens (primary N) is 2. The highest BCUT2D eigenvalue weighted by Gasteiger charge is 2.12. The molecule has 1 aromatic carbocycles. The Kier molecular flexibility index (Phi) is 5.48.